The van der Waals surface area contributed by atoms with E-state index < -0.39 is 0 Å². The van der Waals surface area contributed by atoms with Gasteiger partial charge in [0.1, 0.15) is 0 Å². The molecule has 0 heterocycles. The van der Waals surface area contributed by atoms with E-state index in [1.54, 1.807) is 0 Å². The summed E-state index contributed by atoms with van der Waals surface area (Å²) < 4.78 is 0. The summed E-state index contributed by atoms with van der Waals surface area (Å²) >= 11 is 0. The summed E-state index contributed by atoms with van der Waals surface area (Å²) in [7, 11) is 0. The van der Waals surface area contributed by atoms with Crippen LogP contribution in [-0.4, -0.2) is 30.3 Å². The fraction of sp³-hybridized carbons (Fsp3) is 0.933. The van der Waals surface area contributed by atoms with E-state index in [1.807, 2.05) is 0 Å². The van der Waals surface area contributed by atoms with Crippen LogP contribution in [0.4, 0.5) is 4.79 Å². The molecule has 0 aliphatic heterocycles. The zero-order chi connectivity index (χ0) is 13.5. The molecule has 4 heteroatoms. The highest BCUT2D eigenvalue weighted by Crippen LogP contribution is 2.26. The van der Waals surface area contributed by atoms with Gasteiger partial charge in [-0.2, -0.15) is 0 Å². The van der Waals surface area contributed by atoms with Crippen molar-refractivity contribution in [3.05, 3.63) is 0 Å². The molecule has 2 atom stereocenters. The van der Waals surface area contributed by atoms with E-state index >= 15 is 0 Å². The summed E-state index contributed by atoms with van der Waals surface area (Å²) in [6.45, 7) is 1.50. The van der Waals surface area contributed by atoms with Gasteiger partial charge in [-0.05, 0) is 37.5 Å². The molecule has 4 nitrogen and oxygen atoms in total. The number of hydrogen-bond acceptors (Lipinski definition) is 2. The Labute approximate surface area is 116 Å². The lowest BCUT2D eigenvalue weighted by atomic mass is 9.87. The lowest BCUT2D eigenvalue weighted by Crippen LogP contribution is -2.38. The zero-order valence-corrected chi connectivity index (χ0v) is 11.9. The summed E-state index contributed by atoms with van der Waals surface area (Å²) in [6, 6.07) is -0.0443. The van der Waals surface area contributed by atoms with Gasteiger partial charge in [-0.15, -0.1) is 0 Å². The van der Waals surface area contributed by atoms with Crippen molar-refractivity contribution < 1.29 is 9.90 Å². The van der Waals surface area contributed by atoms with Crippen molar-refractivity contribution in [1.29, 1.82) is 0 Å². The molecular formula is C15H28N2O2. The van der Waals surface area contributed by atoms with Crippen LogP contribution in [0.2, 0.25) is 0 Å². The second kappa shape index (κ2) is 7.73. The van der Waals surface area contributed by atoms with Gasteiger partial charge in [0.2, 0.25) is 0 Å². The Morgan fingerprint density at radius 3 is 2.47 bits per heavy atom. The van der Waals surface area contributed by atoms with E-state index in [0.29, 0.717) is 12.5 Å². The maximum Gasteiger partial charge on any atom is 0.314 e. The van der Waals surface area contributed by atoms with E-state index in [1.165, 1.54) is 32.1 Å². The normalized spacial score (nSPS) is 28.3. The number of rotatable bonds is 5. The second-order valence-corrected chi connectivity index (χ2v) is 6.26. The molecular weight excluding hydrogens is 240 g/mol. The highest BCUT2D eigenvalue weighted by atomic mass is 16.3. The highest BCUT2D eigenvalue weighted by molar-refractivity contribution is 5.73. The lowest BCUT2D eigenvalue weighted by molar-refractivity contribution is 0.177. The molecule has 2 unspecified atom stereocenters. The predicted molar refractivity (Wildman–Crippen MR) is 75.9 cm³/mol. The average molecular weight is 268 g/mol. The number of aliphatic hydroxyl groups excluding tert-OH is 1. The largest absolute Gasteiger partial charge is 0.393 e. The average Bonchev–Trinajstić information content (AvgIpc) is 2.83. The van der Waals surface area contributed by atoms with Gasteiger partial charge in [-0.1, -0.05) is 32.1 Å². The van der Waals surface area contributed by atoms with Gasteiger partial charge in [-0.3, -0.25) is 0 Å². The molecule has 2 fully saturated rings. The summed E-state index contributed by atoms with van der Waals surface area (Å²) in [5, 5.41) is 15.3. The van der Waals surface area contributed by atoms with E-state index in [4.69, 9.17) is 0 Å². The molecule has 19 heavy (non-hydrogen) atoms. The summed E-state index contributed by atoms with van der Waals surface area (Å²) in [4.78, 5) is 11.6. The molecule has 2 rings (SSSR count). The summed E-state index contributed by atoms with van der Waals surface area (Å²) in [5.74, 6) is 1.28. The first-order valence-corrected chi connectivity index (χ1v) is 7.94. The Hall–Kier alpha value is -0.770. The van der Waals surface area contributed by atoms with Crippen molar-refractivity contribution in [2.75, 3.05) is 13.1 Å². The molecule has 0 saturated heterocycles. The monoisotopic (exact) mass is 268 g/mol. The van der Waals surface area contributed by atoms with E-state index in [2.05, 4.69) is 10.6 Å². The minimum Gasteiger partial charge on any atom is -0.393 e. The highest BCUT2D eigenvalue weighted by Gasteiger charge is 2.22. The van der Waals surface area contributed by atoms with Crippen molar-refractivity contribution in [3.8, 4) is 0 Å². The molecule has 2 aliphatic carbocycles. The minimum absolute atomic E-state index is 0.0443. The van der Waals surface area contributed by atoms with Gasteiger partial charge in [0, 0.05) is 13.1 Å². The molecule has 0 aromatic heterocycles. The first-order chi connectivity index (χ1) is 9.24. The van der Waals surface area contributed by atoms with Crippen LogP contribution in [0.3, 0.4) is 0 Å². The molecule has 3 N–H and O–H groups in total. The third kappa shape index (κ3) is 5.39. The Balaban J connectivity index is 1.49. The molecule has 0 bridgehead atoms. The quantitative estimate of drug-likeness (QED) is 0.717. The number of carbonyl (C=O) groups excluding carboxylic acids is 1. The Morgan fingerprint density at radius 1 is 1.00 bits per heavy atom. The van der Waals surface area contributed by atoms with Crippen LogP contribution in [0.25, 0.3) is 0 Å². The maximum atomic E-state index is 11.6. The van der Waals surface area contributed by atoms with Crippen molar-refractivity contribution >= 4 is 6.03 Å². The predicted octanol–water partition coefficient (Wildman–Crippen LogP) is 2.42. The molecule has 2 aliphatic rings. The van der Waals surface area contributed by atoms with Gasteiger partial charge in [-0.25, -0.2) is 4.79 Å². The number of nitrogens with one attached hydrogen (secondary N) is 2. The van der Waals surface area contributed by atoms with Gasteiger partial charge in [0.15, 0.2) is 0 Å². The molecule has 2 amide bonds. The van der Waals surface area contributed by atoms with E-state index in [0.717, 1.165) is 38.1 Å². The van der Waals surface area contributed by atoms with Crippen LogP contribution in [0.5, 0.6) is 0 Å². The van der Waals surface area contributed by atoms with Crippen LogP contribution in [0.15, 0.2) is 0 Å². The Morgan fingerprint density at radius 2 is 1.79 bits per heavy atom. The van der Waals surface area contributed by atoms with Crippen LogP contribution in [-0.2, 0) is 0 Å². The van der Waals surface area contributed by atoms with Gasteiger partial charge >= 0.3 is 6.03 Å². The second-order valence-electron chi connectivity index (χ2n) is 6.26. The number of urea groups is 1. The van der Waals surface area contributed by atoms with Gasteiger partial charge < -0.3 is 15.7 Å². The smallest absolute Gasteiger partial charge is 0.314 e. The topological polar surface area (TPSA) is 61.4 Å². The van der Waals surface area contributed by atoms with Crippen LogP contribution >= 0.6 is 0 Å². The van der Waals surface area contributed by atoms with Crippen molar-refractivity contribution in [1.82, 2.24) is 10.6 Å². The van der Waals surface area contributed by atoms with Crippen molar-refractivity contribution in [2.45, 2.75) is 63.9 Å². The molecule has 0 aromatic carbocycles. The number of hydrogen-bond donors (Lipinski definition) is 3. The maximum absolute atomic E-state index is 11.6. The first-order valence-electron chi connectivity index (χ1n) is 7.94. The number of amides is 2. The molecule has 0 spiro atoms. The van der Waals surface area contributed by atoms with E-state index in [-0.39, 0.29) is 12.1 Å². The Bertz CT molecular complexity index is 277. The van der Waals surface area contributed by atoms with Gasteiger partial charge in [0.05, 0.1) is 6.10 Å². The van der Waals surface area contributed by atoms with E-state index in [9.17, 15) is 9.90 Å². The molecule has 0 aromatic rings. The van der Waals surface area contributed by atoms with Crippen molar-refractivity contribution in [2.24, 2.45) is 11.8 Å². The fourth-order valence-electron chi connectivity index (χ4n) is 3.40. The standard InChI is InChI=1S/C15H28N2O2/c18-14-7-6-13(10-14)11-17-15(19)16-9-8-12-4-2-1-3-5-12/h12-14,18H,1-11H2,(H2,16,17,19). The third-order valence-electron chi connectivity index (χ3n) is 4.63. The van der Waals surface area contributed by atoms with Crippen LogP contribution in [0.1, 0.15) is 57.8 Å². The van der Waals surface area contributed by atoms with Gasteiger partial charge in [0.25, 0.3) is 0 Å². The molecule has 0 radical (unpaired) electrons. The van der Waals surface area contributed by atoms with Crippen molar-refractivity contribution in [3.63, 3.8) is 0 Å². The zero-order valence-electron chi connectivity index (χ0n) is 11.9. The third-order valence-corrected chi connectivity index (χ3v) is 4.63. The Kier molecular flexibility index (Phi) is 5.95. The van der Waals surface area contributed by atoms with Crippen LogP contribution in [0, 0.1) is 11.8 Å². The fourth-order valence-corrected chi connectivity index (χ4v) is 3.40. The SMILES string of the molecule is O=C(NCCC1CCCCC1)NCC1CCC(O)C1. The number of aliphatic hydroxyl groups is 1. The number of carbonyl (C=O) groups is 1. The van der Waals surface area contributed by atoms with Crippen LogP contribution < -0.4 is 10.6 Å². The summed E-state index contributed by atoms with van der Waals surface area (Å²) in [5.41, 5.74) is 0. The minimum atomic E-state index is -0.152. The first kappa shape index (κ1) is 14.6. The summed E-state index contributed by atoms with van der Waals surface area (Å²) in [6.07, 6.45) is 10.5. The lowest BCUT2D eigenvalue weighted by Gasteiger charge is -2.21. The molecule has 110 valence electrons. The molecule has 2 saturated carbocycles.